The average molecular weight is 216 g/mol. The summed E-state index contributed by atoms with van der Waals surface area (Å²) in [7, 11) is 1.29. The standard InChI is InChI=1S/C13H12O3/c1-15-13(14)16-12-8-6-10-4-2-3-5-11(10)7-9-12/h2-9,12H,1H3. The summed E-state index contributed by atoms with van der Waals surface area (Å²) in [5, 5.41) is 0. The highest BCUT2D eigenvalue weighted by Crippen LogP contribution is 2.18. The number of benzene rings is 1. The van der Waals surface area contributed by atoms with Crippen molar-refractivity contribution >= 4 is 18.3 Å². The Morgan fingerprint density at radius 3 is 2.19 bits per heavy atom. The molecule has 1 aromatic rings. The quantitative estimate of drug-likeness (QED) is 0.677. The first-order valence-corrected chi connectivity index (χ1v) is 4.99. The van der Waals surface area contributed by atoms with E-state index >= 15 is 0 Å². The highest BCUT2D eigenvalue weighted by molar-refractivity contribution is 5.69. The van der Waals surface area contributed by atoms with Gasteiger partial charge in [0.1, 0.15) is 6.10 Å². The Kier molecular flexibility index (Phi) is 3.05. The predicted octanol–water partition coefficient (Wildman–Crippen LogP) is 2.88. The van der Waals surface area contributed by atoms with E-state index in [2.05, 4.69) is 4.74 Å². The number of ether oxygens (including phenoxy) is 2. The van der Waals surface area contributed by atoms with Crippen molar-refractivity contribution in [1.82, 2.24) is 0 Å². The molecule has 82 valence electrons. The highest BCUT2D eigenvalue weighted by Gasteiger charge is 2.10. The van der Waals surface area contributed by atoms with Crippen LogP contribution in [-0.4, -0.2) is 19.4 Å². The van der Waals surface area contributed by atoms with E-state index < -0.39 is 6.16 Å². The smallest absolute Gasteiger partial charge is 0.438 e. The molecule has 0 aromatic heterocycles. The molecule has 0 aliphatic heterocycles. The fourth-order valence-corrected chi connectivity index (χ4v) is 1.51. The summed E-state index contributed by atoms with van der Waals surface area (Å²) < 4.78 is 9.46. The second kappa shape index (κ2) is 4.66. The van der Waals surface area contributed by atoms with Crippen LogP contribution in [0.1, 0.15) is 11.1 Å². The monoisotopic (exact) mass is 216 g/mol. The maximum Gasteiger partial charge on any atom is 0.508 e. The Hall–Kier alpha value is -2.03. The van der Waals surface area contributed by atoms with Crippen molar-refractivity contribution in [2.45, 2.75) is 6.10 Å². The molecule has 0 fully saturated rings. The van der Waals surface area contributed by atoms with Crippen LogP contribution in [0.3, 0.4) is 0 Å². The Morgan fingerprint density at radius 1 is 1.12 bits per heavy atom. The van der Waals surface area contributed by atoms with Gasteiger partial charge < -0.3 is 9.47 Å². The van der Waals surface area contributed by atoms with Crippen molar-refractivity contribution < 1.29 is 14.3 Å². The number of rotatable bonds is 1. The highest BCUT2D eigenvalue weighted by atomic mass is 16.7. The fraction of sp³-hybridized carbons (Fsp3) is 0.154. The van der Waals surface area contributed by atoms with E-state index in [1.165, 1.54) is 7.11 Å². The van der Waals surface area contributed by atoms with Gasteiger partial charge in [-0.2, -0.15) is 0 Å². The van der Waals surface area contributed by atoms with E-state index in [1.54, 1.807) is 0 Å². The molecular weight excluding hydrogens is 204 g/mol. The minimum Gasteiger partial charge on any atom is -0.438 e. The average Bonchev–Trinajstić information content (AvgIpc) is 2.52. The van der Waals surface area contributed by atoms with Crippen LogP contribution in [0.25, 0.3) is 12.2 Å². The van der Waals surface area contributed by atoms with Gasteiger partial charge in [-0.25, -0.2) is 4.79 Å². The molecular formula is C13H12O3. The minimum absolute atomic E-state index is 0.375. The van der Waals surface area contributed by atoms with Gasteiger partial charge in [0.05, 0.1) is 7.11 Å². The lowest BCUT2D eigenvalue weighted by molar-refractivity contribution is 0.0654. The van der Waals surface area contributed by atoms with Crippen molar-refractivity contribution in [2.75, 3.05) is 7.11 Å². The van der Waals surface area contributed by atoms with Gasteiger partial charge in [-0.15, -0.1) is 0 Å². The second-order valence-corrected chi connectivity index (χ2v) is 3.38. The Labute approximate surface area is 94.0 Å². The molecule has 2 rings (SSSR count). The SMILES string of the molecule is COC(=O)OC1C=Cc2ccccc2C=C1. The molecule has 0 bridgehead atoms. The van der Waals surface area contributed by atoms with Crippen molar-refractivity contribution in [1.29, 1.82) is 0 Å². The van der Waals surface area contributed by atoms with Crippen LogP contribution >= 0.6 is 0 Å². The molecule has 0 heterocycles. The van der Waals surface area contributed by atoms with Gasteiger partial charge in [0.2, 0.25) is 0 Å². The van der Waals surface area contributed by atoms with Crippen LogP contribution in [0.4, 0.5) is 4.79 Å². The zero-order valence-electron chi connectivity index (χ0n) is 8.92. The molecule has 0 saturated heterocycles. The number of fused-ring (bicyclic) bond motifs is 1. The number of hydrogen-bond donors (Lipinski definition) is 0. The third-order valence-corrected chi connectivity index (χ3v) is 2.33. The normalized spacial score (nSPS) is 14.1. The summed E-state index contributed by atoms with van der Waals surface area (Å²) in [6.45, 7) is 0. The third kappa shape index (κ3) is 2.31. The number of carbonyl (C=O) groups excluding carboxylic acids is 1. The lowest BCUT2D eigenvalue weighted by Gasteiger charge is -2.07. The van der Waals surface area contributed by atoms with Gasteiger partial charge in [-0.05, 0) is 23.3 Å². The molecule has 0 radical (unpaired) electrons. The largest absolute Gasteiger partial charge is 0.508 e. The summed E-state index contributed by atoms with van der Waals surface area (Å²) in [6.07, 6.45) is 6.45. The van der Waals surface area contributed by atoms with Crippen molar-refractivity contribution in [3.63, 3.8) is 0 Å². The molecule has 0 atom stereocenters. The second-order valence-electron chi connectivity index (χ2n) is 3.38. The molecule has 0 amide bonds. The molecule has 0 unspecified atom stereocenters. The molecule has 1 aliphatic carbocycles. The van der Waals surface area contributed by atoms with Crippen LogP contribution in [-0.2, 0) is 9.47 Å². The van der Waals surface area contributed by atoms with Crippen LogP contribution < -0.4 is 0 Å². The lowest BCUT2D eigenvalue weighted by atomic mass is 10.1. The van der Waals surface area contributed by atoms with Crippen molar-refractivity contribution in [2.24, 2.45) is 0 Å². The van der Waals surface area contributed by atoms with Crippen LogP contribution in [0.2, 0.25) is 0 Å². The van der Waals surface area contributed by atoms with E-state index in [9.17, 15) is 4.79 Å². The van der Waals surface area contributed by atoms with Gasteiger partial charge >= 0.3 is 6.16 Å². The van der Waals surface area contributed by atoms with E-state index in [4.69, 9.17) is 4.74 Å². The van der Waals surface area contributed by atoms with Crippen LogP contribution in [0, 0.1) is 0 Å². The van der Waals surface area contributed by atoms with Gasteiger partial charge in [0.25, 0.3) is 0 Å². The molecule has 1 aromatic carbocycles. The third-order valence-electron chi connectivity index (χ3n) is 2.33. The Morgan fingerprint density at radius 2 is 1.69 bits per heavy atom. The summed E-state index contributed by atoms with van der Waals surface area (Å²) in [5.41, 5.74) is 2.21. The predicted molar refractivity (Wildman–Crippen MR) is 61.8 cm³/mol. The van der Waals surface area contributed by atoms with Crippen molar-refractivity contribution in [3.8, 4) is 0 Å². The van der Waals surface area contributed by atoms with E-state index in [0.29, 0.717) is 0 Å². The molecule has 3 nitrogen and oxygen atoms in total. The van der Waals surface area contributed by atoms with Crippen LogP contribution in [0.5, 0.6) is 0 Å². The molecule has 16 heavy (non-hydrogen) atoms. The maximum atomic E-state index is 11.0. The zero-order chi connectivity index (χ0) is 11.4. The van der Waals surface area contributed by atoms with Gasteiger partial charge in [-0.1, -0.05) is 36.4 Å². The number of methoxy groups -OCH3 is 1. The van der Waals surface area contributed by atoms with E-state index in [-0.39, 0.29) is 6.10 Å². The van der Waals surface area contributed by atoms with Gasteiger partial charge in [-0.3, -0.25) is 0 Å². The van der Waals surface area contributed by atoms with E-state index in [0.717, 1.165) is 11.1 Å². The summed E-state index contributed by atoms with van der Waals surface area (Å²) in [6, 6.07) is 7.96. The van der Waals surface area contributed by atoms with Crippen molar-refractivity contribution in [3.05, 3.63) is 47.5 Å². The molecule has 0 spiro atoms. The first-order chi connectivity index (χ1) is 7.79. The summed E-state index contributed by atoms with van der Waals surface area (Å²) >= 11 is 0. The topological polar surface area (TPSA) is 35.5 Å². The Balaban J connectivity index is 2.18. The first kappa shape index (κ1) is 10.5. The number of carbonyl (C=O) groups is 1. The number of hydrogen-bond acceptors (Lipinski definition) is 3. The summed E-state index contributed by atoms with van der Waals surface area (Å²) in [5.74, 6) is 0. The lowest BCUT2D eigenvalue weighted by Crippen LogP contribution is -2.13. The van der Waals surface area contributed by atoms with E-state index in [1.807, 2.05) is 48.6 Å². The zero-order valence-corrected chi connectivity index (χ0v) is 8.92. The van der Waals surface area contributed by atoms with Gasteiger partial charge in [0, 0.05) is 0 Å². The minimum atomic E-state index is -0.676. The molecule has 0 N–H and O–H groups in total. The molecule has 0 saturated carbocycles. The first-order valence-electron chi connectivity index (χ1n) is 4.99. The molecule has 3 heteroatoms. The van der Waals surface area contributed by atoms with Gasteiger partial charge in [0.15, 0.2) is 0 Å². The Bertz CT molecular complexity index is 413. The van der Waals surface area contributed by atoms with Crippen LogP contribution in [0.15, 0.2) is 36.4 Å². The molecule has 1 aliphatic rings. The fourth-order valence-electron chi connectivity index (χ4n) is 1.51. The maximum absolute atomic E-state index is 11.0. The summed E-state index contributed by atoms with van der Waals surface area (Å²) in [4.78, 5) is 11.0.